The maximum atomic E-state index is 12.0. The third kappa shape index (κ3) is 2.88. The van der Waals surface area contributed by atoms with Crippen molar-refractivity contribution in [3.05, 3.63) is 16.8 Å². The average Bonchev–Trinajstić information content (AvgIpc) is 2.59. The van der Waals surface area contributed by atoms with Gasteiger partial charge >= 0.3 is 13.3 Å². The highest BCUT2D eigenvalue weighted by Crippen LogP contribution is 2.33. The van der Waals surface area contributed by atoms with Crippen molar-refractivity contribution in [3.63, 3.8) is 0 Å². The van der Waals surface area contributed by atoms with Crippen LogP contribution in [-0.4, -0.2) is 41.8 Å². The molecule has 0 aliphatic carbocycles. The van der Waals surface area contributed by atoms with Gasteiger partial charge in [0.1, 0.15) is 18.2 Å². The summed E-state index contributed by atoms with van der Waals surface area (Å²) in [5, 5.41) is 0. The van der Waals surface area contributed by atoms with Crippen LogP contribution < -0.4 is 11.4 Å². The Morgan fingerprint density at radius 2 is 2.15 bits per heavy atom. The fourth-order valence-electron chi connectivity index (χ4n) is 1.81. The van der Waals surface area contributed by atoms with E-state index in [9.17, 15) is 9.36 Å². The van der Waals surface area contributed by atoms with E-state index in [2.05, 4.69) is 9.97 Å². The van der Waals surface area contributed by atoms with Gasteiger partial charge < -0.3 is 20.3 Å². The highest BCUT2D eigenvalue weighted by molar-refractivity contribution is 7.51. The smallest absolute Gasteiger partial charge is 0.350 e. The third-order valence-electron chi connectivity index (χ3n) is 2.66. The molecule has 2 rings (SSSR count). The molecule has 0 bridgehead atoms. The molecule has 0 saturated carbocycles. The number of nitrogens with zero attached hydrogens (tertiary/aromatic N) is 4. The lowest BCUT2D eigenvalue weighted by Gasteiger charge is -2.06. The Morgan fingerprint density at radius 1 is 1.45 bits per heavy atom. The zero-order chi connectivity index (χ0) is 14.9. The average molecular weight is 303 g/mol. The molecule has 0 aromatic carbocycles. The molecule has 0 saturated heterocycles. The SMILES string of the molecule is Cn1c(=O)n(CCOCP(=O)(O)O)c2ncnc(N)c21. The summed E-state index contributed by atoms with van der Waals surface area (Å²) in [5.41, 5.74) is 6.10. The van der Waals surface area contributed by atoms with Crippen LogP contribution in [0.2, 0.25) is 0 Å². The Bertz CT molecular complexity index is 732. The lowest BCUT2D eigenvalue weighted by Crippen LogP contribution is -2.24. The summed E-state index contributed by atoms with van der Waals surface area (Å²) in [6, 6.07) is 0. The lowest BCUT2D eigenvalue weighted by molar-refractivity contribution is 0.148. The van der Waals surface area contributed by atoms with E-state index in [1.54, 1.807) is 0 Å². The summed E-state index contributed by atoms with van der Waals surface area (Å²) in [6.07, 6.45) is 0.549. The van der Waals surface area contributed by atoms with Gasteiger partial charge in [-0.15, -0.1) is 0 Å². The van der Waals surface area contributed by atoms with Crippen LogP contribution in [0.25, 0.3) is 11.2 Å². The Kier molecular flexibility index (Phi) is 3.91. The minimum absolute atomic E-state index is 0.0337. The fourth-order valence-corrected chi connectivity index (χ4v) is 2.18. The zero-order valence-electron chi connectivity index (χ0n) is 10.6. The molecule has 110 valence electrons. The number of imidazole rings is 1. The quantitative estimate of drug-likeness (QED) is 0.464. The summed E-state index contributed by atoms with van der Waals surface area (Å²) >= 11 is 0. The van der Waals surface area contributed by atoms with Crippen molar-refractivity contribution < 1.29 is 19.1 Å². The molecule has 0 amide bonds. The van der Waals surface area contributed by atoms with Gasteiger partial charge in [-0.05, 0) is 0 Å². The van der Waals surface area contributed by atoms with Crippen molar-refractivity contribution in [2.24, 2.45) is 7.05 Å². The topological polar surface area (TPSA) is 145 Å². The second-order valence-corrected chi connectivity index (χ2v) is 5.71. The molecule has 0 fully saturated rings. The van der Waals surface area contributed by atoms with E-state index < -0.39 is 13.9 Å². The Morgan fingerprint density at radius 3 is 2.80 bits per heavy atom. The number of nitrogens with two attached hydrogens (primary N) is 1. The molecule has 0 aliphatic heterocycles. The molecule has 20 heavy (non-hydrogen) atoms. The van der Waals surface area contributed by atoms with Gasteiger partial charge in [-0.25, -0.2) is 14.8 Å². The number of nitrogen functional groups attached to an aromatic ring is 1. The maximum Gasteiger partial charge on any atom is 0.350 e. The van der Waals surface area contributed by atoms with Crippen LogP contribution in [0.1, 0.15) is 0 Å². The van der Waals surface area contributed by atoms with Gasteiger partial charge in [0.2, 0.25) is 0 Å². The van der Waals surface area contributed by atoms with Crippen LogP contribution in [-0.2, 0) is 22.9 Å². The van der Waals surface area contributed by atoms with E-state index in [4.69, 9.17) is 20.3 Å². The summed E-state index contributed by atoms with van der Waals surface area (Å²) in [4.78, 5) is 37.1. The molecule has 10 nitrogen and oxygen atoms in total. The molecule has 0 unspecified atom stereocenters. The minimum Gasteiger partial charge on any atom is -0.382 e. The first-order chi connectivity index (χ1) is 9.31. The summed E-state index contributed by atoms with van der Waals surface area (Å²) in [6.45, 7) is 0.0701. The monoisotopic (exact) mass is 303 g/mol. The minimum atomic E-state index is -4.21. The Balaban J connectivity index is 2.23. The molecule has 2 aromatic rings. The summed E-state index contributed by atoms with van der Waals surface area (Å²) in [5.74, 6) is 0.185. The number of anilines is 1. The molecule has 2 heterocycles. The second-order valence-electron chi connectivity index (χ2n) is 4.13. The highest BCUT2D eigenvalue weighted by Gasteiger charge is 2.16. The fraction of sp³-hybridized carbons (Fsp3) is 0.444. The number of aryl methyl sites for hydroxylation is 1. The first kappa shape index (κ1) is 14.7. The normalized spacial score (nSPS) is 12.2. The molecule has 0 radical (unpaired) electrons. The van der Waals surface area contributed by atoms with Crippen molar-refractivity contribution in [2.75, 3.05) is 18.7 Å². The number of fused-ring (bicyclic) bond motifs is 1. The molecular weight excluding hydrogens is 289 g/mol. The summed E-state index contributed by atoms with van der Waals surface area (Å²) in [7, 11) is -2.67. The maximum absolute atomic E-state index is 12.0. The molecular formula is C9H14N5O5P. The van der Waals surface area contributed by atoms with Crippen LogP contribution in [0.5, 0.6) is 0 Å². The largest absolute Gasteiger partial charge is 0.382 e. The van der Waals surface area contributed by atoms with Gasteiger partial charge in [-0.1, -0.05) is 0 Å². The van der Waals surface area contributed by atoms with Gasteiger partial charge in [-0.3, -0.25) is 13.7 Å². The van der Waals surface area contributed by atoms with Crippen LogP contribution in [0.3, 0.4) is 0 Å². The van der Waals surface area contributed by atoms with E-state index in [0.29, 0.717) is 11.2 Å². The van der Waals surface area contributed by atoms with Gasteiger partial charge in [0, 0.05) is 7.05 Å². The number of hydrogen-bond acceptors (Lipinski definition) is 6. The predicted molar refractivity (Wildman–Crippen MR) is 70.0 cm³/mol. The van der Waals surface area contributed by atoms with Gasteiger partial charge in [0.15, 0.2) is 11.5 Å². The number of rotatable bonds is 5. The van der Waals surface area contributed by atoms with Crippen molar-refractivity contribution >= 4 is 24.6 Å². The highest BCUT2D eigenvalue weighted by atomic mass is 31.2. The lowest BCUT2D eigenvalue weighted by atomic mass is 10.5. The van der Waals surface area contributed by atoms with Crippen molar-refractivity contribution in [1.29, 1.82) is 0 Å². The van der Waals surface area contributed by atoms with Crippen LogP contribution >= 0.6 is 7.60 Å². The molecule has 0 atom stereocenters. The molecule has 11 heteroatoms. The standard InChI is InChI=1S/C9H14N5O5P/c1-13-6-7(10)11-4-12-8(6)14(9(13)15)2-3-19-5-20(16,17)18/h4H,2-3,5H2,1H3,(H2,10,11,12)(H2,16,17,18). The van der Waals surface area contributed by atoms with Crippen LogP contribution in [0.15, 0.2) is 11.1 Å². The number of hydrogen-bond donors (Lipinski definition) is 3. The first-order valence-corrected chi connectivity index (χ1v) is 7.39. The molecule has 2 aromatic heterocycles. The first-order valence-electron chi connectivity index (χ1n) is 5.59. The van der Waals surface area contributed by atoms with Gasteiger partial charge in [-0.2, -0.15) is 0 Å². The molecule has 0 aliphatic rings. The molecule has 4 N–H and O–H groups in total. The van der Waals surface area contributed by atoms with Gasteiger partial charge in [0.05, 0.1) is 13.2 Å². The number of aromatic nitrogens is 4. The van der Waals surface area contributed by atoms with Crippen molar-refractivity contribution in [1.82, 2.24) is 19.1 Å². The second kappa shape index (κ2) is 5.33. The number of ether oxygens (including phenoxy) is 1. The van der Waals surface area contributed by atoms with E-state index in [0.717, 1.165) is 0 Å². The third-order valence-corrected chi connectivity index (χ3v) is 3.18. The van der Waals surface area contributed by atoms with Crippen LogP contribution in [0.4, 0.5) is 5.82 Å². The molecule has 0 spiro atoms. The van der Waals surface area contributed by atoms with E-state index in [1.807, 2.05) is 0 Å². The van der Waals surface area contributed by atoms with Gasteiger partial charge in [0.25, 0.3) is 0 Å². The Labute approximate surface area is 113 Å². The van der Waals surface area contributed by atoms with Crippen LogP contribution in [0, 0.1) is 0 Å². The van der Waals surface area contributed by atoms with Crippen molar-refractivity contribution in [2.45, 2.75) is 6.54 Å². The Hall–Kier alpha value is -1.74. The van der Waals surface area contributed by atoms with Crippen molar-refractivity contribution in [3.8, 4) is 0 Å². The van der Waals surface area contributed by atoms with E-state index in [-0.39, 0.29) is 24.7 Å². The zero-order valence-corrected chi connectivity index (χ0v) is 11.5. The van der Waals surface area contributed by atoms with E-state index in [1.165, 1.54) is 22.5 Å². The summed E-state index contributed by atoms with van der Waals surface area (Å²) < 4.78 is 18.1. The van der Waals surface area contributed by atoms with E-state index >= 15 is 0 Å². The predicted octanol–water partition coefficient (Wildman–Crippen LogP) is -1.14.